The second kappa shape index (κ2) is 9.09. The molecule has 0 saturated heterocycles. The quantitative estimate of drug-likeness (QED) is 0.384. The highest BCUT2D eigenvalue weighted by Crippen LogP contribution is 2.27. The van der Waals surface area contributed by atoms with Crippen molar-refractivity contribution < 1.29 is 19.0 Å². The second-order valence-electron chi connectivity index (χ2n) is 7.47. The van der Waals surface area contributed by atoms with Crippen LogP contribution < -0.4 is 9.47 Å². The third kappa shape index (κ3) is 4.42. The zero-order valence-corrected chi connectivity index (χ0v) is 18.6. The first-order valence-electron chi connectivity index (χ1n) is 10.4. The van der Waals surface area contributed by atoms with Crippen molar-refractivity contribution in [1.82, 2.24) is 14.5 Å². The number of imidazole rings is 1. The van der Waals surface area contributed by atoms with Gasteiger partial charge in [-0.15, -0.1) is 0 Å². The first-order valence-corrected chi connectivity index (χ1v) is 10.4. The van der Waals surface area contributed by atoms with Crippen LogP contribution in [0.5, 0.6) is 17.4 Å². The van der Waals surface area contributed by atoms with Gasteiger partial charge in [0.1, 0.15) is 23.9 Å². The van der Waals surface area contributed by atoms with Gasteiger partial charge >= 0.3 is 5.97 Å². The highest BCUT2D eigenvalue weighted by Gasteiger charge is 2.12. The van der Waals surface area contributed by atoms with Gasteiger partial charge in [0, 0.05) is 24.9 Å². The molecule has 7 nitrogen and oxygen atoms in total. The minimum absolute atomic E-state index is 0.255. The second-order valence-corrected chi connectivity index (χ2v) is 7.47. The van der Waals surface area contributed by atoms with Crippen molar-refractivity contribution in [2.45, 2.75) is 26.9 Å². The van der Waals surface area contributed by atoms with E-state index >= 15 is 0 Å². The summed E-state index contributed by atoms with van der Waals surface area (Å²) in [5.74, 6) is 2.21. The van der Waals surface area contributed by atoms with E-state index in [4.69, 9.17) is 14.2 Å². The largest absolute Gasteiger partial charge is 0.486 e. The highest BCUT2D eigenvalue weighted by molar-refractivity contribution is 5.89. The van der Waals surface area contributed by atoms with Crippen LogP contribution >= 0.6 is 0 Å². The first-order chi connectivity index (χ1) is 15.5. The number of pyridine rings is 1. The van der Waals surface area contributed by atoms with Gasteiger partial charge in [0.05, 0.1) is 23.7 Å². The van der Waals surface area contributed by atoms with Crippen LogP contribution in [0, 0.1) is 6.92 Å². The van der Waals surface area contributed by atoms with Gasteiger partial charge in [-0.05, 0) is 55.3 Å². The van der Waals surface area contributed by atoms with Gasteiger partial charge < -0.3 is 18.8 Å². The fourth-order valence-electron chi connectivity index (χ4n) is 3.42. The number of methoxy groups -OCH3 is 1. The standard InChI is InChI=1S/C25H25N3O4/c1-5-17-11-16(2)24(26-14-17)32-20-9-10-21-22(13-20)28(3)23(27-21)15-31-19-8-6-7-18(12-19)25(29)30-4/h6-14H,5,15H2,1-4H3. The summed E-state index contributed by atoms with van der Waals surface area (Å²) in [5.41, 5.74) is 4.38. The molecule has 32 heavy (non-hydrogen) atoms. The Labute approximate surface area is 186 Å². The molecule has 0 spiro atoms. The number of carbonyl (C=O) groups is 1. The van der Waals surface area contributed by atoms with Gasteiger partial charge in [-0.3, -0.25) is 0 Å². The Balaban J connectivity index is 1.52. The summed E-state index contributed by atoms with van der Waals surface area (Å²) in [6.07, 6.45) is 2.78. The predicted molar refractivity (Wildman–Crippen MR) is 121 cm³/mol. The molecule has 4 aromatic rings. The molecular formula is C25H25N3O4. The van der Waals surface area contributed by atoms with E-state index in [9.17, 15) is 4.79 Å². The number of hydrogen-bond acceptors (Lipinski definition) is 6. The Morgan fingerprint density at radius 1 is 1.09 bits per heavy atom. The van der Waals surface area contributed by atoms with Gasteiger partial charge in [-0.25, -0.2) is 14.8 Å². The molecule has 0 bridgehead atoms. The number of rotatable bonds is 7. The summed E-state index contributed by atoms with van der Waals surface area (Å²) in [6, 6.07) is 14.7. The van der Waals surface area contributed by atoms with Crippen LogP contribution in [0.25, 0.3) is 11.0 Å². The molecule has 0 aliphatic heterocycles. The molecular weight excluding hydrogens is 406 g/mol. The third-order valence-electron chi connectivity index (χ3n) is 5.28. The van der Waals surface area contributed by atoms with Gasteiger partial charge in [0.15, 0.2) is 0 Å². The number of aromatic nitrogens is 3. The highest BCUT2D eigenvalue weighted by atomic mass is 16.5. The lowest BCUT2D eigenvalue weighted by atomic mass is 10.2. The molecule has 0 saturated carbocycles. The molecule has 164 valence electrons. The summed E-state index contributed by atoms with van der Waals surface area (Å²) in [6.45, 7) is 4.35. The van der Waals surface area contributed by atoms with Crippen molar-refractivity contribution in [3.05, 3.63) is 77.2 Å². The minimum atomic E-state index is -0.403. The summed E-state index contributed by atoms with van der Waals surface area (Å²) >= 11 is 0. The number of hydrogen-bond donors (Lipinski definition) is 0. The molecule has 0 N–H and O–H groups in total. The smallest absolute Gasteiger partial charge is 0.337 e. The van der Waals surface area contributed by atoms with Crippen molar-refractivity contribution in [2.24, 2.45) is 7.05 Å². The van der Waals surface area contributed by atoms with Gasteiger partial charge in [-0.1, -0.05) is 13.0 Å². The van der Waals surface area contributed by atoms with Crippen LogP contribution in [0.3, 0.4) is 0 Å². The predicted octanol–water partition coefficient (Wildman–Crippen LogP) is 5.00. The monoisotopic (exact) mass is 431 g/mol. The van der Waals surface area contributed by atoms with E-state index < -0.39 is 5.97 Å². The number of fused-ring (bicyclic) bond motifs is 1. The third-order valence-corrected chi connectivity index (χ3v) is 5.28. The van der Waals surface area contributed by atoms with E-state index in [-0.39, 0.29) is 6.61 Å². The normalized spacial score (nSPS) is 10.9. The molecule has 0 radical (unpaired) electrons. The Morgan fingerprint density at radius 3 is 2.69 bits per heavy atom. The van der Waals surface area contributed by atoms with Crippen LogP contribution in [-0.4, -0.2) is 27.6 Å². The van der Waals surface area contributed by atoms with E-state index in [1.54, 1.807) is 24.3 Å². The maximum absolute atomic E-state index is 11.7. The number of aryl methyl sites for hydroxylation is 3. The Hall–Kier alpha value is -3.87. The maximum Gasteiger partial charge on any atom is 0.337 e. The van der Waals surface area contributed by atoms with Crippen molar-refractivity contribution in [3.8, 4) is 17.4 Å². The molecule has 0 atom stereocenters. The molecule has 2 heterocycles. The van der Waals surface area contributed by atoms with E-state index in [1.165, 1.54) is 12.7 Å². The van der Waals surface area contributed by atoms with Crippen LogP contribution in [-0.2, 0) is 24.8 Å². The van der Waals surface area contributed by atoms with Crippen LogP contribution in [0.1, 0.15) is 34.2 Å². The Bertz CT molecular complexity index is 1280. The van der Waals surface area contributed by atoms with E-state index in [1.807, 2.05) is 42.9 Å². The molecule has 0 fully saturated rings. The van der Waals surface area contributed by atoms with Crippen LogP contribution in [0.4, 0.5) is 0 Å². The van der Waals surface area contributed by atoms with E-state index in [0.717, 1.165) is 28.8 Å². The fourth-order valence-corrected chi connectivity index (χ4v) is 3.42. The van der Waals surface area contributed by atoms with Crippen LogP contribution in [0.2, 0.25) is 0 Å². The topological polar surface area (TPSA) is 75.5 Å². The number of carbonyl (C=O) groups excluding carboxylic acids is 1. The van der Waals surface area contributed by atoms with Crippen LogP contribution in [0.15, 0.2) is 54.7 Å². The molecule has 0 aliphatic rings. The number of ether oxygens (including phenoxy) is 3. The lowest BCUT2D eigenvalue weighted by Crippen LogP contribution is -2.05. The van der Waals surface area contributed by atoms with E-state index in [2.05, 4.69) is 23.0 Å². The summed E-state index contributed by atoms with van der Waals surface area (Å²) in [5, 5.41) is 0. The zero-order valence-electron chi connectivity index (χ0n) is 18.6. The molecule has 0 aliphatic carbocycles. The van der Waals surface area contributed by atoms with Crippen molar-refractivity contribution in [3.63, 3.8) is 0 Å². The fraction of sp³-hybridized carbons (Fsp3) is 0.240. The average molecular weight is 431 g/mol. The summed E-state index contributed by atoms with van der Waals surface area (Å²) in [7, 11) is 3.28. The molecule has 2 aromatic heterocycles. The minimum Gasteiger partial charge on any atom is -0.486 e. The molecule has 0 unspecified atom stereocenters. The number of esters is 1. The first kappa shape index (κ1) is 21.4. The summed E-state index contributed by atoms with van der Waals surface area (Å²) in [4.78, 5) is 20.8. The van der Waals surface area contributed by atoms with Crippen molar-refractivity contribution in [2.75, 3.05) is 7.11 Å². The SMILES string of the molecule is CCc1cnc(Oc2ccc3nc(COc4cccc(C(=O)OC)c4)n(C)c3c2)c(C)c1. The zero-order chi connectivity index (χ0) is 22.7. The lowest BCUT2D eigenvalue weighted by Gasteiger charge is -2.09. The maximum atomic E-state index is 11.7. The molecule has 0 amide bonds. The molecule has 4 rings (SSSR count). The van der Waals surface area contributed by atoms with E-state index in [0.29, 0.717) is 22.9 Å². The lowest BCUT2D eigenvalue weighted by molar-refractivity contribution is 0.0600. The Morgan fingerprint density at radius 2 is 1.94 bits per heavy atom. The molecule has 7 heteroatoms. The number of benzene rings is 2. The average Bonchev–Trinajstić information content (AvgIpc) is 3.13. The van der Waals surface area contributed by atoms with Gasteiger partial charge in [-0.2, -0.15) is 0 Å². The molecule has 2 aromatic carbocycles. The van der Waals surface area contributed by atoms with Gasteiger partial charge in [0.2, 0.25) is 5.88 Å². The summed E-state index contributed by atoms with van der Waals surface area (Å²) < 4.78 is 18.6. The van der Waals surface area contributed by atoms with Crippen molar-refractivity contribution >= 4 is 17.0 Å². The Kier molecular flexibility index (Phi) is 6.07. The van der Waals surface area contributed by atoms with Gasteiger partial charge in [0.25, 0.3) is 0 Å². The number of nitrogens with zero attached hydrogens (tertiary/aromatic N) is 3. The van der Waals surface area contributed by atoms with Crippen molar-refractivity contribution in [1.29, 1.82) is 0 Å².